The molecular formula is C28H27FN2O6. The molecule has 0 amide bonds. The lowest BCUT2D eigenvalue weighted by Gasteiger charge is -2.21. The Labute approximate surface area is 213 Å². The predicted molar refractivity (Wildman–Crippen MR) is 134 cm³/mol. The third-order valence-corrected chi connectivity index (χ3v) is 5.63. The lowest BCUT2D eigenvalue weighted by Crippen LogP contribution is -2.21. The molecule has 2 heterocycles. The molecule has 0 aliphatic carbocycles. The third kappa shape index (κ3) is 6.45. The fourth-order valence-electron chi connectivity index (χ4n) is 3.92. The highest BCUT2D eigenvalue weighted by Gasteiger charge is 2.27. The van der Waals surface area contributed by atoms with E-state index in [-0.39, 0.29) is 47.1 Å². The average molecular weight is 507 g/mol. The van der Waals surface area contributed by atoms with Crippen LogP contribution in [0.2, 0.25) is 0 Å². The lowest BCUT2D eigenvalue weighted by molar-refractivity contribution is -0.150. The largest absolute Gasteiger partial charge is 0.484 e. The van der Waals surface area contributed by atoms with Crippen molar-refractivity contribution in [2.24, 2.45) is 0 Å². The van der Waals surface area contributed by atoms with E-state index in [1.165, 1.54) is 19.2 Å². The second-order valence-electron chi connectivity index (χ2n) is 8.55. The van der Waals surface area contributed by atoms with E-state index in [2.05, 4.69) is 9.97 Å². The minimum Gasteiger partial charge on any atom is -0.484 e. The summed E-state index contributed by atoms with van der Waals surface area (Å²) in [5, 5.41) is 21.1. The molecule has 37 heavy (non-hydrogen) atoms. The molecule has 0 fully saturated rings. The Morgan fingerprint density at radius 2 is 1.78 bits per heavy atom. The normalized spacial score (nSPS) is 12.9. The maximum absolute atomic E-state index is 13.3. The highest BCUT2D eigenvalue weighted by atomic mass is 19.1. The zero-order valence-corrected chi connectivity index (χ0v) is 20.4. The van der Waals surface area contributed by atoms with Gasteiger partial charge < -0.3 is 24.4 Å². The zero-order valence-electron chi connectivity index (χ0n) is 20.4. The van der Waals surface area contributed by atoms with Crippen LogP contribution >= 0.6 is 0 Å². The quantitative estimate of drug-likeness (QED) is 0.282. The van der Waals surface area contributed by atoms with E-state index in [0.29, 0.717) is 12.0 Å². The van der Waals surface area contributed by atoms with Crippen LogP contribution in [0.4, 0.5) is 4.39 Å². The van der Waals surface area contributed by atoms with Gasteiger partial charge >= 0.3 is 5.97 Å². The lowest BCUT2D eigenvalue weighted by atomic mass is 10.0. The van der Waals surface area contributed by atoms with Crippen molar-refractivity contribution in [1.29, 1.82) is 0 Å². The molecule has 0 saturated carbocycles. The molecule has 8 nitrogen and oxygen atoms in total. The minimum atomic E-state index is -1.58. The molecule has 0 aliphatic rings. The second-order valence-corrected chi connectivity index (χ2v) is 8.55. The van der Waals surface area contributed by atoms with Crippen LogP contribution in [0.3, 0.4) is 0 Å². The average Bonchev–Trinajstić information content (AvgIpc) is 2.88. The number of nitrogens with zero attached hydrogens (tertiary/aromatic N) is 2. The van der Waals surface area contributed by atoms with Gasteiger partial charge in [0.2, 0.25) is 6.29 Å². The molecule has 4 aromatic rings. The predicted octanol–water partition coefficient (Wildman–Crippen LogP) is 4.68. The van der Waals surface area contributed by atoms with Gasteiger partial charge in [-0.15, -0.1) is 0 Å². The van der Waals surface area contributed by atoms with Crippen LogP contribution in [0.25, 0.3) is 10.9 Å². The van der Waals surface area contributed by atoms with Crippen LogP contribution in [0.1, 0.15) is 46.1 Å². The number of pyridine rings is 2. The number of aliphatic hydroxyl groups is 1. The number of halogens is 1. The molecule has 0 aliphatic heterocycles. The van der Waals surface area contributed by atoms with Crippen molar-refractivity contribution in [3.8, 4) is 5.75 Å². The number of fused-ring (bicyclic) bond motifs is 1. The molecule has 0 spiro atoms. The van der Waals surface area contributed by atoms with Crippen LogP contribution in [-0.4, -0.2) is 46.0 Å². The van der Waals surface area contributed by atoms with E-state index in [1.54, 1.807) is 31.3 Å². The first-order valence-electron chi connectivity index (χ1n) is 11.6. The standard InChI is InChI=1S/C28H27FN2O6/c1-17(15-35-2)37-28(34)25-26(36-16-19-6-4-3-5-7-19)23-22(24(31-25)27(32)33)13-20(14-30-23)12-18-8-10-21(29)11-9-18/h3-11,13-14,17,28,34H,12,15-16H2,1-2H3,(H,32,33). The monoisotopic (exact) mass is 506 g/mol. The summed E-state index contributed by atoms with van der Waals surface area (Å²) in [5.74, 6) is -1.51. The number of aliphatic hydroxyl groups excluding tert-OH is 1. The van der Waals surface area contributed by atoms with Gasteiger partial charge in [0.15, 0.2) is 11.4 Å². The van der Waals surface area contributed by atoms with Crippen molar-refractivity contribution in [3.63, 3.8) is 0 Å². The Morgan fingerprint density at radius 3 is 2.46 bits per heavy atom. The molecule has 9 heteroatoms. The summed E-state index contributed by atoms with van der Waals surface area (Å²) in [6, 6.07) is 17.1. The van der Waals surface area contributed by atoms with Crippen molar-refractivity contribution in [2.45, 2.75) is 32.3 Å². The van der Waals surface area contributed by atoms with E-state index in [9.17, 15) is 19.4 Å². The summed E-state index contributed by atoms with van der Waals surface area (Å²) in [6.07, 6.45) is -0.0835. The summed E-state index contributed by atoms with van der Waals surface area (Å²) in [6.45, 7) is 2.05. The Bertz CT molecular complexity index is 1360. The number of hydrogen-bond acceptors (Lipinski definition) is 7. The molecule has 2 aromatic heterocycles. The van der Waals surface area contributed by atoms with Crippen LogP contribution in [0.15, 0.2) is 66.9 Å². The topological polar surface area (TPSA) is 111 Å². The first-order chi connectivity index (χ1) is 17.9. The molecule has 2 atom stereocenters. The zero-order chi connectivity index (χ0) is 26.4. The fraction of sp³-hybridized carbons (Fsp3) is 0.250. The van der Waals surface area contributed by atoms with Gasteiger partial charge in [-0.1, -0.05) is 42.5 Å². The van der Waals surface area contributed by atoms with Gasteiger partial charge in [-0.05, 0) is 48.2 Å². The maximum Gasteiger partial charge on any atom is 0.355 e. The Morgan fingerprint density at radius 1 is 1.05 bits per heavy atom. The van der Waals surface area contributed by atoms with E-state index < -0.39 is 18.4 Å². The number of hydrogen-bond donors (Lipinski definition) is 2. The number of carbonyl (C=O) groups is 1. The van der Waals surface area contributed by atoms with Crippen LogP contribution in [-0.2, 0) is 22.5 Å². The van der Waals surface area contributed by atoms with Crippen molar-refractivity contribution in [3.05, 3.63) is 101 Å². The van der Waals surface area contributed by atoms with Crippen molar-refractivity contribution < 1.29 is 33.6 Å². The van der Waals surface area contributed by atoms with Gasteiger partial charge in [-0.3, -0.25) is 4.98 Å². The summed E-state index contributed by atoms with van der Waals surface area (Å²) in [4.78, 5) is 21.0. The van der Waals surface area contributed by atoms with Crippen LogP contribution < -0.4 is 4.74 Å². The fourth-order valence-corrected chi connectivity index (χ4v) is 3.92. The number of ether oxygens (including phenoxy) is 3. The number of benzene rings is 2. The Balaban J connectivity index is 1.79. The molecule has 2 unspecified atom stereocenters. The summed E-state index contributed by atoms with van der Waals surface area (Å²) >= 11 is 0. The Hall–Kier alpha value is -3.92. The third-order valence-electron chi connectivity index (χ3n) is 5.63. The summed E-state index contributed by atoms with van der Waals surface area (Å²) < 4.78 is 30.0. The molecule has 0 saturated heterocycles. The van der Waals surface area contributed by atoms with E-state index in [1.807, 2.05) is 30.3 Å². The van der Waals surface area contributed by atoms with Gasteiger partial charge in [0, 0.05) is 18.7 Å². The first-order valence-corrected chi connectivity index (χ1v) is 11.6. The number of rotatable bonds is 11. The van der Waals surface area contributed by atoms with Gasteiger partial charge in [0.1, 0.15) is 23.6 Å². The minimum absolute atomic E-state index is 0.0948. The van der Waals surface area contributed by atoms with E-state index in [4.69, 9.17) is 14.2 Å². The molecular weight excluding hydrogens is 479 g/mol. The number of aromatic nitrogens is 2. The molecule has 4 rings (SSSR count). The second kappa shape index (κ2) is 11.9. The van der Waals surface area contributed by atoms with Crippen molar-refractivity contribution in [2.75, 3.05) is 13.7 Å². The summed E-state index contributed by atoms with van der Waals surface area (Å²) in [7, 11) is 1.50. The van der Waals surface area contributed by atoms with Crippen molar-refractivity contribution >= 4 is 16.9 Å². The highest BCUT2D eigenvalue weighted by molar-refractivity contribution is 6.03. The first kappa shape index (κ1) is 26.2. The maximum atomic E-state index is 13.3. The SMILES string of the molecule is COCC(C)OC(O)c1nc(C(=O)O)c2cc(Cc3ccc(F)cc3)cnc2c1OCc1ccccc1. The highest BCUT2D eigenvalue weighted by Crippen LogP contribution is 2.35. The summed E-state index contributed by atoms with van der Waals surface area (Å²) in [5.41, 5.74) is 2.23. The van der Waals surface area contributed by atoms with Crippen LogP contribution in [0.5, 0.6) is 5.75 Å². The molecule has 2 aromatic carbocycles. The van der Waals surface area contributed by atoms with E-state index in [0.717, 1.165) is 11.1 Å². The number of methoxy groups -OCH3 is 1. The van der Waals surface area contributed by atoms with Gasteiger partial charge in [0.05, 0.1) is 12.7 Å². The molecule has 0 radical (unpaired) electrons. The number of carboxylic acid groups (broad SMARTS) is 1. The molecule has 2 N–H and O–H groups in total. The van der Waals surface area contributed by atoms with Gasteiger partial charge in [0.25, 0.3) is 0 Å². The van der Waals surface area contributed by atoms with Gasteiger partial charge in [-0.25, -0.2) is 14.2 Å². The number of aromatic carboxylic acids is 1. The number of carboxylic acids is 1. The van der Waals surface area contributed by atoms with Crippen molar-refractivity contribution in [1.82, 2.24) is 9.97 Å². The van der Waals surface area contributed by atoms with Crippen LogP contribution in [0, 0.1) is 5.82 Å². The smallest absolute Gasteiger partial charge is 0.355 e. The molecule has 0 bridgehead atoms. The molecule has 192 valence electrons. The van der Waals surface area contributed by atoms with Gasteiger partial charge in [-0.2, -0.15) is 0 Å². The van der Waals surface area contributed by atoms with E-state index >= 15 is 0 Å². The Kier molecular flexibility index (Phi) is 8.39.